The number of halogens is 1. The number of carbonyl (C=O) groups is 2. The van der Waals surface area contributed by atoms with Crippen molar-refractivity contribution in [3.63, 3.8) is 0 Å². The Bertz CT molecular complexity index is 1410. The van der Waals surface area contributed by atoms with Crippen molar-refractivity contribution in [1.82, 2.24) is 0 Å². The van der Waals surface area contributed by atoms with Crippen LogP contribution in [0.15, 0.2) is 65.6 Å². The molecule has 0 aromatic heterocycles. The Hall–Kier alpha value is -3.96. The van der Waals surface area contributed by atoms with Gasteiger partial charge >= 0.3 is 5.97 Å². The predicted octanol–water partition coefficient (Wildman–Crippen LogP) is 4.00. The number of aliphatic carboxylic acids is 1. The van der Waals surface area contributed by atoms with Gasteiger partial charge in [0.25, 0.3) is 15.9 Å². The molecule has 0 unspecified atom stereocenters. The van der Waals surface area contributed by atoms with Gasteiger partial charge in [0.05, 0.1) is 19.2 Å². The molecule has 0 fully saturated rings. The van der Waals surface area contributed by atoms with Crippen molar-refractivity contribution in [2.45, 2.75) is 11.3 Å². The van der Waals surface area contributed by atoms with E-state index in [0.717, 1.165) is 4.31 Å². The highest BCUT2D eigenvalue weighted by Gasteiger charge is 2.34. The van der Waals surface area contributed by atoms with Crippen LogP contribution in [0, 0.1) is 0 Å². The summed E-state index contributed by atoms with van der Waals surface area (Å²) in [5.74, 6) is -1.55. The largest absolute Gasteiger partial charge is 0.495 e. The van der Waals surface area contributed by atoms with Gasteiger partial charge in [0, 0.05) is 22.8 Å². The number of methoxy groups -OCH3 is 1. The summed E-state index contributed by atoms with van der Waals surface area (Å²) in [4.78, 5) is 24.1. The minimum atomic E-state index is -4.44. The summed E-state index contributed by atoms with van der Waals surface area (Å²) < 4.78 is 44.7. The summed E-state index contributed by atoms with van der Waals surface area (Å²) in [5.41, 5.74) is 0.541. The molecular weight excluding hydrogens is 512 g/mol. The van der Waals surface area contributed by atoms with E-state index in [0.29, 0.717) is 5.69 Å². The third kappa shape index (κ3) is 5.16. The van der Waals surface area contributed by atoms with Gasteiger partial charge in [-0.25, -0.2) is 8.42 Å². The van der Waals surface area contributed by atoms with Crippen LogP contribution in [0.5, 0.6) is 17.2 Å². The molecule has 1 amide bonds. The van der Waals surface area contributed by atoms with Crippen LogP contribution >= 0.6 is 11.6 Å². The number of carboxylic acids is 1. The molecule has 1 aliphatic heterocycles. The number of ether oxygens (including phenoxy) is 3. The Labute approximate surface area is 212 Å². The van der Waals surface area contributed by atoms with E-state index in [1.807, 2.05) is 0 Å². The van der Waals surface area contributed by atoms with E-state index < -0.39 is 34.9 Å². The van der Waals surface area contributed by atoms with Crippen molar-refractivity contribution in [2.75, 3.05) is 30.1 Å². The second-order valence-electron chi connectivity index (χ2n) is 7.57. The Morgan fingerprint density at radius 2 is 1.86 bits per heavy atom. The molecule has 0 saturated heterocycles. The Morgan fingerprint density at radius 3 is 2.56 bits per heavy atom. The number of benzene rings is 3. The molecule has 0 aliphatic carbocycles. The standard InChI is InChI=1S/C24H21ClN2O8S/c1-33-19-8-7-16(25)13-21(19)36(31,32)27(10-9-22(28)29)18-11-15(12-20-23(18)35-14-34-20)24(30)26-17-5-3-2-4-6-17/h2-8,11-13H,9-10,14H2,1H3,(H,26,30)(H,28,29). The fourth-order valence-electron chi connectivity index (χ4n) is 3.57. The lowest BCUT2D eigenvalue weighted by atomic mass is 10.1. The van der Waals surface area contributed by atoms with E-state index in [-0.39, 0.29) is 45.2 Å². The lowest BCUT2D eigenvalue weighted by Crippen LogP contribution is -2.34. The van der Waals surface area contributed by atoms with Gasteiger partial charge in [0.2, 0.25) is 6.79 Å². The zero-order chi connectivity index (χ0) is 25.9. The molecule has 2 N–H and O–H groups in total. The molecule has 1 aliphatic rings. The van der Waals surface area contributed by atoms with Crippen LogP contribution in [0.3, 0.4) is 0 Å². The van der Waals surface area contributed by atoms with Crippen LogP contribution in [0.4, 0.5) is 11.4 Å². The van der Waals surface area contributed by atoms with Gasteiger partial charge in [0.15, 0.2) is 11.5 Å². The van der Waals surface area contributed by atoms with Crippen molar-refractivity contribution in [3.8, 4) is 17.2 Å². The van der Waals surface area contributed by atoms with Crippen molar-refractivity contribution < 1.29 is 37.3 Å². The fraction of sp³-hybridized carbons (Fsp3) is 0.167. The van der Waals surface area contributed by atoms with Crippen LogP contribution < -0.4 is 23.8 Å². The van der Waals surface area contributed by atoms with Crippen molar-refractivity contribution in [3.05, 3.63) is 71.2 Å². The smallest absolute Gasteiger partial charge is 0.305 e. The second-order valence-corrected chi connectivity index (χ2v) is 9.83. The van der Waals surface area contributed by atoms with E-state index in [2.05, 4.69) is 5.32 Å². The molecule has 3 aromatic carbocycles. The zero-order valence-corrected chi connectivity index (χ0v) is 20.5. The van der Waals surface area contributed by atoms with Gasteiger partial charge in [-0.15, -0.1) is 0 Å². The first-order valence-electron chi connectivity index (χ1n) is 10.6. The van der Waals surface area contributed by atoms with Crippen LogP contribution in [-0.2, 0) is 14.8 Å². The third-order valence-corrected chi connectivity index (χ3v) is 7.31. The number of fused-ring (bicyclic) bond motifs is 1. The number of para-hydroxylation sites is 1. The van der Waals surface area contributed by atoms with Crippen LogP contribution in [0.2, 0.25) is 5.02 Å². The molecule has 3 aromatic rings. The average Bonchev–Trinajstić information content (AvgIpc) is 3.33. The topological polar surface area (TPSA) is 131 Å². The first-order chi connectivity index (χ1) is 17.2. The van der Waals surface area contributed by atoms with Gasteiger partial charge < -0.3 is 24.6 Å². The molecule has 4 rings (SSSR count). The quantitative estimate of drug-likeness (QED) is 0.423. The molecule has 0 radical (unpaired) electrons. The Morgan fingerprint density at radius 1 is 1.11 bits per heavy atom. The number of carboxylic acid groups (broad SMARTS) is 1. The Balaban J connectivity index is 1.84. The third-order valence-electron chi connectivity index (χ3n) is 5.24. The molecule has 10 nitrogen and oxygen atoms in total. The SMILES string of the molecule is COc1ccc(Cl)cc1S(=O)(=O)N(CCC(=O)O)c1cc(C(=O)Nc2ccccc2)cc2c1OCO2. The minimum Gasteiger partial charge on any atom is -0.495 e. The van der Waals surface area contributed by atoms with Gasteiger partial charge in [-0.1, -0.05) is 29.8 Å². The number of carbonyl (C=O) groups excluding carboxylic acids is 1. The van der Waals surface area contributed by atoms with Gasteiger partial charge in [-0.2, -0.15) is 0 Å². The van der Waals surface area contributed by atoms with E-state index in [9.17, 15) is 23.1 Å². The maximum Gasteiger partial charge on any atom is 0.305 e. The van der Waals surface area contributed by atoms with Crippen molar-refractivity contribution in [1.29, 1.82) is 0 Å². The maximum atomic E-state index is 13.8. The maximum absolute atomic E-state index is 13.8. The number of rotatable bonds is 9. The van der Waals surface area contributed by atoms with Crippen LogP contribution in [0.25, 0.3) is 0 Å². The number of hydrogen-bond acceptors (Lipinski definition) is 7. The number of hydrogen-bond donors (Lipinski definition) is 2. The normalized spacial score (nSPS) is 12.2. The van der Waals surface area contributed by atoms with E-state index in [1.165, 1.54) is 37.4 Å². The lowest BCUT2D eigenvalue weighted by Gasteiger charge is -2.26. The zero-order valence-electron chi connectivity index (χ0n) is 18.9. The first kappa shape index (κ1) is 25.1. The molecule has 36 heavy (non-hydrogen) atoms. The Kier molecular flexibility index (Phi) is 7.22. The summed E-state index contributed by atoms with van der Waals surface area (Å²) in [6.45, 7) is -0.674. The van der Waals surface area contributed by atoms with E-state index in [1.54, 1.807) is 30.3 Å². The van der Waals surface area contributed by atoms with Gasteiger partial charge in [0.1, 0.15) is 10.6 Å². The highest BCUT2D eigenvalue weighted by molar-refractivity contribution is 7.93. The number of nitrogens with one attached hydrogen (secondary N) is 1. The summed E-state index contributed by atoms with van der Waals surface area (Å²) in [5, 5.41) is 12.2. The summed E-state index contributed by atoms with van der Waals surface area (Å²) in [6.07, 6.45) is -0.530. The fourth-order valence-corrected chi connectivity index (χ4v) is 5.45. The number of nitrogens with zero attached hydrogens (tertiary/aromatic N) is 1. The van der Waals surface area contributed by atoms with Crippen LogP contribution in [0.1, 0.15) is 16.8 Å². The van der Waals surface area contributed by atoms with E-state index >= 15 is 0 Å². The molecule has 1 heterocycles. The molecule has 188 valence electrons. The summed E-state index contributed by atoms with van der Waals surface area (Å²) in [7, 11) is -3.15. The summed E-state index contributed by atoms with van der Waals surface area (Å²) >= 11 is 6.07. The number of sulfonamides is 1. The van der Waals surface area contributed by atoms with Crippen LogP contribution in [-0.4, -0.2) is 45.8 Å². The number of anilines is 2. The van der Waals surface area contributed by atoms with Gasteiger partial charge in [-0.3, -0.25) is 13.9 Å². The average molecular weight is 533 g/mol. The molecule has 0 bridgehead atoms. The highest BCUT2D eigenvalue weighted by atomic mass is 35.5. The number of amides is 1. The summed E-state index contributed by atoms with van der Waals surface area (Å²) in [6, 6.07) is 15.5. The van der Waals surface area contributed by atoms with Gasteiger partial charge in [-0.05, 0) is 42.5 Å². The van der Waals surface area contributed by atoms with Crippen molar-refractivity contribution >= 4 is 44.9 Å². The predicted molar refractivity (Wildman–Crippen MR) is 132 cm³/mol. The highest BCUT2D eigenvalue weighted by Crippen LogP contribution is 2.45. The second kappa shape index (κ2) is 10.3. The molecular formula is C24H21ClN2O8S. The molecule has 0 spiro atoms. The lowest BCUT2D eigenvalue weighted by molar-refractivity contribution is -0.136. The molecule has 12 heteroatoms. The molecule has 0 saturated carbocycles. The first-order valence-corrected chi connectivity index (χ1v) is 12.4. The minimum absolute atomic E-state index is 0.00603. The monoisotopic (exact) mass is 532 g/mol. The van der Waals surface area contributed by atoms with E-state index in [4.69, 9.17) is 25.8 Å². The molecule has 0 atom stereocenters. The van der Waals surface area contributed by atoms with Crippen molar-refractivity contribution in [2.24, 2.45) is 0 Å².